The van der Waals surface area contributed by atoms with Crippen molar-refractivity contribution in [2.75, 3.05) is 0 Å². The lowest BCUT2D eigenvalue weighted by Gasteiger charge is -2.37. The Bertz CT molecular complexity index is 922. The van der Waals surface area contributed by atoms with Crippen LogP contribution in [0.4, 0.5) is 0 Å². The number of nitrogens with one attached hydrogen (secondary N) is 2. The Labute approximate surface area is 155 Å². The molecule has 1 atom stereocenters. The van der Waals surface area contributed by atoms with Crippen LogP contribution in [-0.4, -0.2) is 37.1 Å². The lowest BCUT2D eigenvalue weighted by Crippen LogP contribution is -2.41. The Morgan fingerprint density at radius 1 is 1.46 bits per heavy atom. The summed E-state index contributed by atoms with van der Waals surface area (Å²) in [5, 5.41) is 24.0. The number of aliphatic hydroxyl groups excluding tert-OH is 1. The van der Waals surface area contributed by atoms with E-state index >= 15 is 0 Å². The average molecular weight is 371 g/mol. The molecule has 1 amide bonds. The maximum Gasteiger partial charge on any atom is 0.272 e. The van der Waals surface area contributed by atoms with Crippen LogP contribution in [0.15, 0.2) is 30.6 Å². The van der Waals surface area contributed by atoms with Gasteiger partial charge in [-0.1, -0.05) is 0 Å². The molecule has 3 N–H and O–H groups in total. The summed E-state index contributed by atoms with van der Waals surface area (Å²) in [6, 6.07) is 5.66. The van der Waals surface area contributed by atoms with Crippen molar-refractivity contribution in [3.63, 3.8) is 0 Å². The third-order valence-corrected chi connectivity index (χ3v) is 5.84. The van der Waals surface area contributed by atoms with Gasteiger partial charge in [0, 0.05) is 23.7 Å². The maximum absolute atomic E-state index is 12.7. The number of hydrogen-bond acceptors (Lipinski definition) is 5. The Hall–Kier alpha value is -2.45. The highest BCUT2D eigenvalue weighted by Crippen LogP contribution is 2.38. The number of H-pyrrole nitrogens is 1. The quantitative estimate of drug-likeness (QED) is 0.642. The van der Waals surface area contributed by atoms with Crippen LogP contribution in [-0.2, 0) is 7.05 Å². The van der Waals surface area contributed by atoms with E-state index in [2.05, 4.69) is 20.6 Å². The number of rotatable bonds is 5. The first-order valence-electron chi connectivity index (χ1n) is 8.59. The second-order valence-electron chi connectivity index (χ2n) is 6.86. The molecule has 0 saturated heterocycles. The molecule has 0 aliphatic heterocycles. The van der Waals surface area contributed by atoms with Crippen molar-refractivity contribution in [3.05, 3.63) is 46.7 Å². The topological polar surface area (TPSA) is 95.8 Å². The summed E-state index contributed by atoms with van der Waals surface area (Å²) in [7, 11) is 1.85. The number of aromatic nitrogens is 4. The van der Waals surface area contributed by atoms with E-state index in [1.54, 1.807) is 28.3 Å². The van der Waals surface area contributed by atoms with E-state index in [1.807, 2.05) is 32.3 Å². The molecule has 1 aliphatic carbocycles. The van der Waals surface area contributed by atoms with E-state index < -0.39 is 0 Å². The van der Waals surface area contributed by atoms with E-state index in [4.69, 9.17) is 0 Å². The highest BCUT2D eigenvalue weighted by atomic mass is 32.1. The van der Waals surface area contributed by atoms with E-state index in [0.29, 0.717) is 18.5 Å². The van der Waals surface area contributed by atoms with E-state index in [1.165, 1.54) is 4.88 Å². The molecule has 0 spiro atoms. The van der Waals surface area contributed by atoms with Gasteiger partial charge in [-0.25, -0.2) is 0 Å². The molecular weight excluding hydrogens is 350 g/mol. The maximum atomic E-state index is 12.7. The van der Waals surface area contributed by atoms with Gasteiger partial charge in [-0.3, -0.25) is 14.6 Å². The summed E-state index contributed by atoms with van der Waals surface area (Å²) in [5.74, 6) is -0.0208. The Morgan fingerprint density at radius 2 is 2.27 bits per heavy atom. The lowest BCUT2D eigenvalue weighted by atomic mass is 9.75. The predicted octanol–water partition coefficient (Wildman–Crippen LogP) is 2.42. The fourth-order valence-electron chi connectivity index (χ4n) is 3.33. The Morgan fingerprint density at radius 3 is 2.88 bits per heavy atom. The van der Waals surface area contributed by atoms with E-state index in [-0.39, 0.29) is 24.0 Å². The van der Waals surface area contributed by atoms with Crippen molar-refractivity contribution in [2.24, 2.45) is 13.0 Å². The van der Waals surface area contributed by atoms with Gasteiger partial charge in [0.15, 0.2) is 5.69 Å². The van der Waals surface area contributed by atoms with E-state index in [9.17, 15) is 9.90 Å². The van der Waals surface area contributed by atoms with Gasteiger partial charge in [-0.2, -0.15) is 10.2 Å². The van der Waals surface area contributed by atoms with Crippen LogP contribution in [0.2, 0.25) is 0 Å². The minimum Gasteiger partial charge on any atom is -0.393 e. The first-order chi connectivity index (χ1) is 12.5. The molecule has 4 rings (SSSR count). The number of amides is 1. The molecule has 0 bridgehead atoms. The van der Waals surface area contributed by atoms with Crippen molar-refractivity contribution < 1.29 is 9.90 Å². The molecule has 1 fully saturated rings. The van der Waals surface area contributed by atoms with Gasteiger partial charge in [-0.15, -0.1) is 11.3 Å². The van der Waals surface area contributed by atoms with Crippen molar-refractivity contribution in [1.29, 1.82) is 0 Å². The summed E-state index contributed by atoms with van der Waals surface area (Å²) in [5.41, 5.74) is 2.15. The number of aromatic amines is 1. The monoisotopic (exact) mass is 371 g/mol. The van der Waals surface area contributed by atoms with Gasteiger partial charge < -0.3 is 10.4 Å². The number of thiophene rings is 1. The third kappa shape index (κ3) is 3.30. The van der Waals surface area contributed by atoms with Gasteiger partial charge in [0.05, 0.1) is 28.9 Å². The van der Waals surface area contributed by atoms with Crippen molar-refractivity contribution in [2.45, 2.75) is 31.9 Å². The lowest BCUT2D eigenvalue weighted by molar-refractivity contribution is 0.0234. The normalized spacial score (nSPS) is 20.6. The zero-order chi connectivity index (χ0) is 18.3. The SMILES string of the molecule is Cc1ccc(-c2cc(C(=O)N[C@H](c3cnn(C)c3)C3CC(O)C3)n[nH]2)s1. The molecule has 26 heavy (non-hydrogen) atoms. The Kier molecular flexibility index (Phi) is 4.37. The largest absolute Gasteiger partial charge is 0.393 e. The van der Waals surface area contributed by atoms with Crippen molar-refractivity contribution in [3.8, 4) is 10.6 Å². The fraction of sp³-hybridized carbons (Fsp3) is 0.389. The van der Waals surface area contributed by atoms with Crippen molar-refractivity contribution >= 4 is 17.2 Å². The van der Waals surface area contributed by atoms with Gasteiger partial charge in [0.25, 0.3) is 5.91 Å². The number of nitrogens with zero attached hydrogens (tertiary/aromatic N) is 3. The molecule has 3 aromatic rings. The number of carbonyl (C=O) groups excluding carboxylic acids is 1. The van der Waals surface area contributed by atoms with E-state index in [0.717, 1.165) is 16.1 Å². The fourth-order valence-corrected chi connectivity index (χ4v) is 4.17. The van der Waals surface area contributed by atoms with Gasteiger partial charge in [0.1, 0.15) is 0 Å². The van der Waals surface area contributed by atoms with Crippen LogP contribution in [0.3, 0.4) is 0 Å². The summed E-state index contributed by atoms with van der Waals surface area (Å²) >= 11 is 1.66. The summed E-state index contributed by atoms with van der Waals surface area (Å²) in [6.45, 7) is 2.05. The minimum atomic E-state index is -0.282. The van der Waals surface area contributed by atoms with Crippen molar-refractivity contribution in [1.82, 2.24) is 25.3 Å². The average Bonchev–Trinajstić information content (AvgIpc) is 3.30. The first kappa shape index (κ1) is 17.0. The standard InChI is InChI=1S/C18H21N5O2S/c1-10-3-4-16(26-10)14-7-15(22-21-14)18(25)20-17(11-5-13(24)6-11)12-8-19-23(2)9-12/h3-4,7-9,11,13,17,24H,5-6H2,1-2H3,(H,20,25)(H,21,22)/t11?,13?,17-/m0/s1. The number of aryl methyl sites for hydroxylation is 2. The van der Waals surface area contributed by atoms with Crippen LogP contribution in [0.5, 0.6) is 0 Å². The number of aliphatic hydroxyl groups is 1. The highest BCUT2D eigenvalue weighted by Gasteiger charge is 2.36. The second-order valence-corrected chi connectivity index (χ2v) is 8.15. The molecular formula is C18H21N5O2S. The molecule has 136 valence electrons. The van der Waals surface area contributed by atoms with Gasteiger partial charge in [-0.05, 0) is 43.9 Å². The van der Waals surface area contributed by atoms with Crippen LogP contribution in [0.1, 0.15) is 39.8 Å². The molecule has 0 radical (unpaired) electrons. The number of hydrogen-bond donors (Lipinski definition) is 3. The van der Waals surface area contributed by atoms with Crippen LogP contribution in [0, 0.1) is 12.8 Å². The second kappa shape index (κ2) is 6.69. The molecule has 0 unspecified atom stereocenters. The molecule has 3 aromatic heterocycles. The molecule has 0 aromatic carbocycles. The van der Waals surface area contributed by atoms with Gasteiger partial charge in [0.2, 0.25) is 0 Å². The smallest absolute Gasteiger partial charge is 0.272 e. The molecule has 7 nitrogen and oxygen atoms in total. The van der Waals surface area contributed by atoms with Crippen LogP contribution < -0.4 is 5.32 Å². The molecule has 3 heterocycles. The Balaban J connectivity index is 1.52. The predicted molar refractivity (Wildman–Crippen MR) is 98.8 cm³/mol. The van der Waals surface area contributed by atoms with Crippen LogP contribution in [0.25, 0.3) is 10.6 Å². The minimum absolute atomic E-state index is 0.177. The molecule has 8 heteroatoms. The molecule has 1 aliphatic rings. The highest BCUT2D eigenvalue weighted by molar-refractivity contribution is 7.15. The summed E-state index contributed by atoms with van der Waals surface area (Å²) < 4.78 is 1.72. The van der Waals surface area contributed by atoms with Crippen LogP contribution >= 0.6 is 11.3 Å². The number of carbonyl (C=O) groups is 1. The zero-order valence-electron chi connectivity index (χ0n) is 14.6. The third-order valence-electron chi connectivity index (χ3n) is 4.81. The first-order valence-corrected chi connectivity index (χ1v) is 9.41. The summed E-state index contributed by atoms with van der Waals surface area (Å²) in [4.78, 5) is 15.0. The zero-order valence-corrected chi connectivity index (χ0v) is 15.5. The summed E-state index contributed by atoms with van der Waals surface area (Å²) in [6.07, 6.45) is 4.75. The molecule has 1 saturated carbocycles. The van der Waals surface area contributed by atoms with Gasteiger partial charge >= 0.3 is 0 Å².